The fourth-order valence-corrected chi connectivity index (χ4v) is 6.14. The van der Waals surface area contributed by atoms with Crippen LogP contribution in [0.1, 0.15) is 53.6 Å². The van der Waals surface area contributed by atoms with E-state index in [0.29, 0.717) is 25.4 Å². The highest BCUT2D eigenvalue weighted by atomic mass is 32.2. The highest BCUT2D eigenvalue weighted by Gasteiger charge is 2.28. The Morgan fingerprint density at radius 3 is 2.36 bits per heavy atom. The van der Waals surface area contributed by atoms with Gasteiger partial charge in [0.1, 0.15) is 5.75 Å². The highest BCUT2D eigenvalue weighted by molar-refractivity contribution is 7.89. The van der Waals surface area contributed by atoms with Gasteiger partial charge in [-0.2, -0.15) is 4.31 Å². The lowest BCUT2D eigenvalue weighted by Crippen LogP contribution is -2.29. The van der Waals surface area contributed by atoms with E-state index in [1.807, 2.05) is 12.1 Å². The highest BCUT2D eigenvalue weighted by Crippen LogP contribution is 2.26. The maximum Gasteiger partial charge on any atom is 0.255 e. The van der Waals surface area contributed by atoms with E-state index in [-0.39, 0.29) is 16.4 Å². The van der Waals surface area contributed by atoms with Crippen LogP contribution in [0.2, 0.25) is 0 Å². The van der Waals surface area contributed by atoms with Gasteiger partial charge in [0.05, 0.1) is 17.6 Å². The van der Waals surface area contributed by atoms with Gasteiger partial charge in [-0.25, -0.2) is 8.42 Å². The number of amides is 1. The molecule has 0 bridgehead atoms. The van der Waals surface area contributed by atoms with Crippen molar-refractivity contribution < 1.29 is 17.9 Å². The third kappa shape index (κ3) is 5.75. The number of hydrogen-bond donors (Lipinski definition) is 1. The minimum absolute atomic E-state index is 0.124. The number of rotatable bonds is 8. The van der Waals surface area contributed by atoms with Crippen LogP contribution in [0.25, 0.3) is 0 Å². The molecule has 7 nitrogen and oxygen atoms in total. The van der Waals surface area contributed by atoms with Gasteiger partial charge in [0.15, 0.2) is 0 Å². The van der Waals surface area contributed by atoms with E-state index in [9.17, 15) is 13.2 Å². The van der Waals surface area contributed by atoms with Crippen molar-refractivity contribution in [1.29, 1.82) is 0 Å². The van der Waals surface area contributed by atoms with Crippen LogP contribution in [0.4, 0.5) is 0 Å². The molecule has 178 valence electrons. The Hall–Kier alpha value is -2.42. The molecule has 1 N–H and O–H groups in total. The molecule has 8 heteroatoms. The molecule has 2 aliphatic heterocycles. The molecule has 2 aromatic carbocycles. The van der Waals surface area contributed by atoms with Gasteiger partial charge in [-0.3, -0.25) is 9.69 Å². The Morgan fingerprint density at radius 2 is 1.64 bits per heavy atom. The molecule has 33 heavy (non-hydrogen) atoms. The van der Waals surface area contributed by atoms with Crippen LogP contribution in [-0.2, 0) is 23.1 Å². The summed E-state index contributed by atoms with van der Waals surface area (Å²) < 4.78 is 32.7. The van der Waals surface area contributed by atoms with E-state index >= 15 is 0 Å². The third-order valence-corrected chi connectivity index (χ3v) is 8.31. The Morgan fingerprint density at radius 1 is 0.939 bits per heavy atom. The number of nitrogens with one attached hydrogen (secondary N) is 1. The summed E-state index contributed by atoms with van der Waals surface area (Å²) in [4.78, 5) is 15.6. The lowest BCUT2D eigenvalue weighted by atomic mass is 10.1. The summed E-state index contributed by atoms with van der Waals surface area (Å²) >= 11 is 0. The molecule has 0 atom stereocenters. The Bertz CT molecular complexity index is 1070. The van der Waals surface area contributed by atoms with Crippen molar-refractivity contribution >= 4 is 15.9 Å². The first kappa shape index (κ1) is 23.7. The predicted molar refractivity (Wildman–Crippen MR) is 128 cm³/mol. The first-order valence-corrected chi connectivity index (χ1v) is 13.2. The van der Waals surface area contributed by atoms with Crippen molar-refractivity contribution in [1.82, 2.24) is 14.5 Å². The molecule has 2 aromatic rings. The molecule has 0 aromatic heterocycles. The number of sulfonamides is 1. The number of hydrogen-bond acceptors (Lipinski definition) is 5. The fraction of sp³-hybridized carbons (Fsp3) is 0.480. The van der Waals surface area contributed by atoms with Gasteiger partial charge in [-0.15, -0.1) is 0 Å². The Balaban J connectivity index is 1.45. The molecule has 0 unspecified atom stereocenters. The van der Waals surface area contributed by atoms with Gasteiger partial charge >= 0.3 is 0 Å². The van der Waals surface area contributed by atoms with Crippen LogP contribution < -0.4 is 10.1 Å². The van der Waals surface area contributed by atoms with Crippen molar-refractivity contribution in [2.75, 3.05) is 33.3 Å². The predicted octanol–water partition coefficient (Wildman–Crippen LogP) is 3.40. The SMILES string of the molecule is COc1ccc(S(=O)(=O)N2CCCC2)cc1C(=O)NCc1cccc(CN2CCCCC2)c1. The van der Waals surface area contributed by atoms with Gasteiger partial charge in [0.25, 0.3) is 5.91 Å². The van der Waals surface area contributed by atoms with Crippen molar-refractivity contribution in [3.8, 4) is 5.75 Å². The second kappa shape index (κ2) is 10.7. The zero-order valence-electron chi connectivity index (χ0n) is 19.3. The van der Waals surface area contributed by atoms with Crippen molar-refractivity contribution in [2.45, 2.75) is 50.1 Å². The average Bonchev–Trinajstić information content (AvgIpc) is 3.39. The summed E-state index contributed by atoms with van der Waals surface area (Å²) in [5.74, 6) is -0.00141. The van der Waals surface area contributed by atoms with Gasteiger partial charge in [0.2, 0.25) is 10.0 Å². The first-order chi connectivity index (χ1) is 16.0. The molecule has 2 saturated heterocycles. The van der Waals surface area contributed by atoms with Crippen LogP contribution in [0.5, 0.6) is 5.75 Å². The number of carbonyl (C=O) groups is 1. The van der Waals surface area contributed by atoms with Gasteiger partial charge in [0, 0.05) is 26.2 Å². The molecule has 0 aliphatic carbocycles. The van der Waals surface area contributed by atoms with Gasteiger partial charge < -0.3 is 10.1 Å². The lowest BCUT2D eigenvalue weighted by molar-refractivity contribution is 0.0947. The summed E-state index contributed by atoms with van der Waals surface area (Å²) in [6, 6.07) is 12.7. The molecule has 0 radical (unpaired) electrons. The second-order valence-corrected chi connectivity index (χ2v) is 10.8. The van der Waals surface area contributed by atoms with E-state index in [4.69, 9.17) is 4.74 Å². The van der Waals surface area contributed by atoms with E-state index < -0.39 is 10.0 Å². The first-order valence-electron chi connectivity index (χ1n) is 11.7. The van der Waals surface area contributed by atoms with E-state index in [2.05, 4.69) is 22.3 Å². The smallest absolute Gasteiger partial charge is 0.255 e. The van der Waals surface area contributed by atoms with Crippen molar-refractivity contribution in [3.63, 3.8) is 0 Å². The van der Waals surface area contributed by atoms with Crippen LogP contribution in [0, 0.1) is 0 Å². The van der Waals surface area contributed by atoms with E-state index in [1.54, 1.807) is 6.07 Å². The Kier molecular flexibility index (Phi) is 7.67. The number of ether oxygens (including phenoxy) is 1. The topological polar surface area (TPSA) is 79.0 Å². The molecule has 2 heterocycles. The summed E-state index contributed by atoms with van der Waals surface area (Å²) in [5, 5.41) is 2.93. The normalized spacial score (nSPS) is 17.7. The van der Waals surface area contributed by atoms with E-state index in [0.717, 1.165) is 38.0 Å². The second-order valence-electron chi connectivity index (χ2n) is 8.81. The zero-order valence-corrected chi connectivity index (χ0v) is 20.1. The van der Waals surface area contributed by atoms with Crippen molar-refractivity contribution in [3.05, 3.63) is 59.2 Å². The third-order valence-electron chi connectivity index (χ3n) is 6.42. The van der Waals surface area contributed by atoms with E-state index in [1.165, 1.54) is 48.4 Å². The molecule has 1 amide bonds. The number of piperidine rings is 1. The Labute approximate surface area is 196 Å². The number of benzene rings is 2. The molecular weight excluding hydrogens is 438 g/mol. The standard InChI is InChI=1S/C25H33N3O4S/c1-32-24-11-10-22(33(30,31)28-14-5-6-15-28)17-23(24)25(29)26-18-20-8-7-9-21(16-20)19-27-12-3-2-4-13-27/h7-11,16-17H,2-6,12-15,18-19H2,1H3,(H,26,29). The average molecular weight is 472 g/mol. The number of methoxy groups -OCH3 is 1. The molecule has 2 aliphatic rings. The van der Waals surface area contributed by atoms with Crippen LogP contribution in [-0.4, -0.2) is 56.8 Å². The molecule has 0 spiro atoms. The number of carbonyl (C=O) groups excluding carboxylic acids is 1. The summed E-state index contributed by atoms with van der Waals surface area (Å²) in [6.45, 7) is 4.59. The van der Waals surface area contributed by atoms with Crippen LogP contribution >= 0.6 is 0 Å². The maximum absolute atomic E-state index is 13.0. The van der Waals surface area contributed by atoms with Gasteiger partial charge in [-0.1, -0.05) is 30.7 Å². The van der Waals surface area contributed by atoms with Crippen molar-refractivity contribution in [2.24, 2.45) is 0 Å². The molecule has 4 rings (SSSR count). The summed E-state index contributed by atoms with van der Waals surface area (Å²) in [7, 11) is -2.14. The fourth-order valence-electron chi connectivity index (χ4n) is 4.59. The number of nitrogens with zero attached hydrogens (tertiary/aromatic N) is 2. The molecule has 2 fully saturated rings. The summed E-state index contributed by atoms with van der Waals surface area (Å²) in [5.41, 5.74) is 2.47. The monoisotopic (exact) mass is 471 g/mol. The minimum atomic E-state index is -3.61. The lowest BCUT2D eigenvalue weighted by Gasteiger charge is -2.26. The zero-order chi connectivity index (χ0) is 23.3. The quantitative estimate of drug-likeness (QED) is 0.639. The number of likely N-dealkylation sites (tertiary alicyclic amines) is 1. The van der Waals surface area contributed by atoms with Crippen LogP contribution in [0.3, 0.4) is 0 Å². The molecule has 0 saturated carbocycles. The summed E-state index contributed by atoms with van der Waals surface area (Å²) in [6.07, 6.45) is 5.54. The van der Waals surface area contributed by atoms with Gasteiger partial charge in [-0.05, 0) is 68.1 Å². The molecular formula is C25H33N3O4S. The largest absolute Gasteiger partial charge is 0.496 e. The maximum atomic E-state index is 13.0. The van der Waals surface area contributed by atoms with Crippen LogP contribution in [0.15, 0.2) is 47.4 Å². The minimum Gasteiger partial charge on any atom is -0.496 e.